The second-order valence-electron chi connectivity index (χ2n) is 6.48. The number of halogens is 2. The summed E-state index contributed by atoms with van der Waals surface area (Å²) in [5, 5.41) is 9.98. The van der Waals surface area contributed by atoms with Gasteiger partial charge < -0.3 is 14.7 Å². The zero-order valence-electron chi connectivity index (χ0n) is 16.4. The van der Waals surface area contributed by atoms with Crippen LogP contribution in [0.4, 0.5) is 14.5 Å². The fourth-order valence-electron chi connectivity index (χ4n) is 2.90. The Hall–Kier alpha value is -4.21. The van der Waals surface area contributed by atoms with Gasteiger partial charge in [0, 0.05) is 23.0 Å². The second kappa shape index (κ2) is 8.66. The zero-order valence-corrected chi connectivity index (χ0v) is 16.4. The van der Waals surface area contributed by atoms with Gasteiger partial charge in [0.1, 0.15) is 0 Å². The first-order chi connectivity index (χ1) is 15.0. The van der Waals surface area contributed by atoms with E-state index in [9.17, 15) is 8.78 Å². The van der Waals surface area contributed by atoms with Crippen LogP contribution in [0.2, 0.25) is 0 Å². The number of alkyl halides is 2. The van der Waals surface area contributed by atoms with Gasteiger partial charge in [-0.2, -0.15) is 8.78 Å². The molecule has 0 amide bonds. The molecule has 0 aliphatic rings. The Balaban J connectivity index is 1.63. The number of hydrogen-bond donors (Lipinski definition) is 2. The molecule has 10 heteroatoms. The molecule has 0 atom stereocenters. The molecule has 2 aromatic heterocycles. The summed E-state index contributed by atoms with van der Waals surface area (Å²) in [4.78, 5) is 15.6. The molecule has 0 saturated heterocycles. The van der Waals surface area contributed by atoms with Crippen LogP contribution in [0.1, 0.15) is 25.1 Å². The Labute approximate surface area is 175 Å². The van der Waals surface area contributed by atoms with E-state index in [1.807, 2.05) is 42.5 Å². The molecule has 4 rings (SSSR count). The first-order valence-corrected chi connectivity index (χ1v) is 9.18. The molecular weight excluding hydrogens is 404 g/mol. The van der Waals surface area contributed by atoms with Crippen LogP contribution in [0, 0.1) is 0 Å². The Morgan fingerprint density at radius 3 is 2.74 bits per heavy atom. The maximum Gasteiger partial charge on any atom is 0.314 e. The fraction of sp³-hybridized carbons (Fsp3) is 0.0952. The summed E-state index contributed by atoms with van der Waals surface area (Å²) in [6.07, 6.45) is 0.180. The van der Waals surface area contributed by atoms with Crippen LogP contribution in [-0.2, 0) is 0 Å². The van der Waals surface area contributed by atoms with Crippen LogP contribution in [0.15, 0.2) is 69.4 Å². The summed E-state index contributed by atoms with van der Waals surface area (Å²) in [6, 6.07) is 13.7. The van der Waals surface area contributed by atoms with Crippen molar-refractivity contribution in [1.82, 2.24) is 20.2 Å². The number of rotatable bonds is 5. The van der Waals surface area contributed by atoms with E-state index < -0.39 is 12.3 Å². The van der Waals surface area contributed by atoms with Crippen molar-refractivity contribution in [2.75, 3.05) is 5.32 Å². The number of aromatic amines is 1. The third-order valence-corrected chi connectivity index (χ3v) is 4.36. The van der Waals surface area contributed by atoms with Gasteiger partial charge >= 0.3 is 6.43 Å². The maximum absolute atomic E-state index is 12.6. The zero-order chi connectivity index (χ0) is 21.8. The third kappa shape index (κ3) is 4.37. The molecular formula is C21H17F2N7O. The van der Waals surface area contributed by atoms with Gasteiger partial charge in [-0.15, -0.1) is 10.2 Å². The van der Waals surface area contributed by atoms with Crippen molar-refractivity contribution in [2.24, 2.45) is 9.98 Å². The number of benzene rings is 2. The number of allylic oxidation sites excluding steroid dienone is 1. The van der Waals surface area contributed by atoms with Gasteiger partial charge in [0.2, 0.25) is 11.9 Å². The monoisotopic (exact) mass is 421 g/mol. The van der Waals surface area contributed by atoms with E-state index in [2.05, 4.69) is 42.2 Å². The molecule has 0 spiro atoms. The lowest BCUT2D eigenvalue weighted by Crippen LogP contribution is -2.08. The topological polar surface area (TPSA) is 104 Å². The summed E-state index contributed by atoms with van der Waals surface area (Å²) in [5.41, 5.74) is 4.73. The Kier molecular flexibility index (Phi) is 5.61. The molecule has 0 aliphatic carbocycles. The minimum absolute atomic E-state index is 0.0484. The summed E-state index contributed by atoms with van der Waals surface area (Å²) in [5.74, 6) is -0.591. The van der Waals surface area contributed by atoms with Crippen LogP contribution >= 0.6 is 0 Å². The van der Waals surface area contributed by atoms with Crippen molar-refractivity contribution in [2.45, 2.75) is 13.3 Å². The maximum atomic E-state index is 12.6. The molecule has 31 heavy (non-hydrogen) atoms. The second-order valence-corrected chi connectivity index (χ2v) is 6.48. The molecule has 0 radical (unpaired) electrons. The van der Waals surface area contributed by atoms with E-state index in [0.717, 1.165) is 22.2 Å². The molecule has 0 aliphatic heterocycles. The van der Waals surface area contributed by atoms with Gasteiger partial charge in [-0.25, -0.2) is 15.0 Å². The van der Waals surface area contributed by atoms with Gasteiger partial charge in [0.25, 0.3) is 5.89 Å². The van der Waals surface area contributed by atoms with Gasteiger partial charge in [-0.1, -0.05) is 30.3 Å². The smallest absolute Gasteiger partial charge is 0.314 e. The van der Waals surface area contributed by atoms with Crippen LogP contribution in [0.5, 0.6) is 0 Å². The number of H-pyrrole nitrogens is 1. The number of fused-ring (bicyclic) bond motifs is 1. The lowest BCUT2D eigenvalue weighted by molar-refractivity contribution is 0.114. The Morgan fingerprint density at radius 1 is 1.23 bits per heavy atom. The van der Waals surface area contributed by atoms with E-state index in [4.69, 9.17) is 4.42 Å². The molecule has 4 aromatic rings. The van der Waals surface area contributed by atoms with Crippen molar-refractivity contribution >= 4 is 35.0 Å². The Bertz CT molecular complexity index is 1280. The van der Waals surface area contributed by atoms with E-state index >= 15 is 0 Å². The predicted molar refractivity (Wildman–Crippen MR) is 115 cm³/mol. The highest BCUT2D eigenvalue weighted by atomic mass is 19.3. The van der Waals surface area contributed by atoms with E-state index in [1.165, 1.54) is 6.20 Å². The number of anilines is 1. The van der Waals surface area contributed by atoms with Crippen molar-refractivity contribution in [3.8, 4) is 11.1 Å². The van der Waals surface area contributed by atoms with Crippen molar-refractivity contribution in [3.05, 3.63) is 66.8 Å². The van der Waals surface area contributed by atoms with Gasteiger partial charge in [-0.05, 0) is 31.3 Å². The SMILES string of the molecule is C=NC(=N/C=C(\C)c1nnc(C(F)F)o1)Nc1cc(-c2ccccc2)c2nc[nH]c2c1. The highest BCUT2D eigenvalue weighted by molar-refractivity contribution is 6.01. The first-order valence-electron chi connectivity index (χ1n) is 9.18. The van der Waals surface area contributed by atoms with Gasteiger partial charge in [0.05, 0.1) is 17.4 Å². The number of guanidine groups is 1. The van der Waals surface area contributed by atoms with Crippen molar-refractivity contribution in [1.29, 1.82) is 0 Å². The highest BCUT2D eigenvalue weighted by Crippen LogP contribution is 2.30. The van der Waals surface area contributed by atoms with Crippen molar-refractivity contribution in [3.63, 3.8) is 0 Å². The normalized spacial score (nSPS) is 12.5. The standard InChI is InChI=1S/C21H17F2N7O/c1-12(19-29-30-20(31-19)18(22)23)10-25-21(24-2)28-14-8-15(13-6-4-3-5-7-13)17-16(9-14)26-11-27-17/h3-11,18H,2H2,1H3,(H,25,28)(H,26,27)/b12-10+. The minimum atomic E-state index is -2.83. The molecule has 0 bridgehead atoms. The first kappa shape index (κ1) is 20.1. The number of imidazole rings is 1. The predicted octanol–water partition coefficient (Wildman–Crippen LogP) is 5.08. The number of nitrogens with zero attached hydrogens (tertiary/aromatic N) is 5. The van der Waals surface area contributed by atoms with E-state index in [1.54, 1.807) is 13.3 Å². The highest BCUT2D eigenvalue weighted by Gasteiger charge is 2.16. The lowest BCUT2D eigenvalue weighted by Gasteiger charge is -2.09. The largest absolute Gasteiger partial charge is 0.415 e. The molecule has 156 valence electrons. The number of hydrogen-bond acceptors (Lipinski definition) is 5. The van der Waals surface area contributed by atoms with E-state index in [0.29, 0.717) is 11.3 Å². The number of aromatic nitrogens is 4. The number of nitrogens with one attached hydrogen (secondary N) is 2. The van der Waals surface area contributed by atoms with E-state index in [-0.39, 0.29) is 11.9 Å². The average Bonchev–Trinajstić information content (AvgIpc) is 3.46. The summed E-state index contributed by atoms with van der Waals surface area (Å²) < 4.78 is 30.1. The van der Waals surface area contributed by atoms with Gasteiger partial charge in [-0.3, -0.25) is 0 Å². The molecule has 0 saturated carbocycles. The molecule has 2 heterocycles. The third-order valence-electron chi connectivity index (χ3n) is 4.36. The summed E-state index contributed by atoms with van der Waals surface area (Å²) in [6.45, 7) is 5.13. The van der Waals surface area contributed by atoms with Crippen LogP contribution in [-0.4, -0.2) is 32.8 Å². The Morgan fingerprint density at radius 2 is 2.03 bits per heavy atom. The summed E-state index contributed by atoms with van der Waals surface area (Å²) in [7, 11) is 0. The minimum Gasteiger partial charge on any atom is -0.415 e. The molecule has 0 fully saturated rings. The average molecular weight is 421 g/mol. The van der Waals surface area contributed by atoms with Crippen LogP contribution in [0.3, 0.4) is 0 Å². The summed E-state index contributed by atoms with van der Waals surface area (Å²) >= 11 is 0. The van der Waals surface area contributed by atoms with Gasteiger partial charge in [0.15, 0.2) is 0 Å². The molecule has 0 unspecified atom stereocenters. The molecule has 2 aromatic carbocycles. The molecule has 2 N–H and O–H groups in total. The quantitative estimate of drug-likeness (QED) is 0.345. The number of aliphatic imine (C=N–C) groups is 2. The van der Waals surface area contributed by atoms with Crippen LogP contribution in [0.25, 0.3) is 27.7 Å². The fourth-order valence-corrected chi connectivity index (χ4v) is 2.90. The van der Waals surface area contributed by atoms with Crippen molar-refractivity contribution < 1.29 is 13.2 Å². The molecule has 8 nitrogen and oxygen atoms in total. The lowest BCUT2D eigenvalue weighted by atomic mass is 10.0. The van der Waals surface area contributed by atoms with Crippen LogP contribution < -0.4 is 5.32 Å².